The maximum absolute atomic E-state index is 12.6. The van der Waals surface area contributed by atoms with E-state index >= 15 is 0 Å². The lowest BCUT2D eigenvalue weighted by Gasteiger charge is -2.33. The van der Waals surface area contributed by atoms with Gasteiger partial charge in [0.05, 0.1) is 11.7 Å². The first kappa shape index (κ1) is 13.4. The van der Waals surface area contributed by atoms with Gasteiger partial charge in [-0.05, 0) is 51.6 Å². The normalized spacial score (nSPS) is 31.7. The summed E-state index contributed by atoms with van der Waals surface area (Å²) in [7, 11) is 0. The molecule has 108 valence electrons. The first-order valence-electron chi connectivity index (χ1n) is 7.86. The van der Waals surface area contributed by atoms with E-state index in [0.717, 1.165) is 19.4 Å². The van der Waals surface area contributed by atoms with E-state index in [1.807, 2.05) is 0 Å². The van der Waals surface area contributed by atoms with Gasteiger partial charge in [-0.15, -0.1) is 0 Å². The molecule has 1 saturated carbocycles. The molecule has 4 nitrogen and oxygen atoms in total. The summed E-state index contributed by atoms with van der Waals surface area (Å²) in [4.78, 5) is 17.3. The predicted octanol–water partition coefficient (Wildman–Crippen LogP) is 1.42. The average molecular weight is 265 g/mol. The highest BCUT2D eigenvalue weighted by atomic mass is 16.2. The fraction of sp³-hybridized carbons (Fsp3) is 0.933. The summed E-state index contributed by atoms with van der Waals surface area (Å²) in [6, 6.07) is 0.489. The molecule has 3 rings (SSSR count). The summed E-state index contributed by atoms with van der Waals surface area (Å²) >= 11 is 0. The van der Waals surface area contributed by atoms with Gasteiger partial charge in [-0.1, -0.05) is 13.8 Å². The minimum atomic E-state index is -0.167. The van der Waals surface area contributed by atoms with Crippen molar-refractivity contribution < 1.29 is 4.79 Å². The minimum absolute atomic E-state index is 0.167. The summed E-state index contributed by atoms with van der Waals surface area (Å²) in [6.07, 6.45) is 4.93. The Morgan fingerprint density at radius 3 is 2.42 bits per heavy atom. The minimum Gasteiger partial charge on any atom is -0.324 e. The summed E-state index contributed by atoms with van der Waals surface area (Å²) in [5, 5.41) is 3.59. The first-order valence-corrected chi connectivity index (χ1v) is 7.86. The number of likely N-dealkylation sites (tertiary alicyclic amines) is 1. The number of carbonyl (C=O) groups is 1. The van der Waals surface area contributed by atoms with Crippen molar-refractivity contribution in [1.29, 1.82) is 0 Å². The van der Waals surface area contributed by atoms with Gasteiger partial charge >= 0.3 is 0 Å². The van der Waals surface area contributed by atoms with Crippen molar-refractivity contribution in [3.05, 3.63) is 0 Å². The van der Waals surface area contributed by atoms with Gasteiger partial charge in [0.2, 0.25) is 5.91 Å². The van der Waals surface area contributed by atoms with Gasteiger partial charge in [0.1, 0.15) is 0 Å². The summed E-state index contributed by atoms with van der Waals surface area (Å²) < 4.78 is 0. The van der Waals surface area contributed by atoms with Gasteiger partial charge in [-0.3, -0.25) is 15.0 Å². The molecule has 0 aromatic carbocycles. The monoisotopic (exact) mass is 265 g/mol. The quantitative estimate of drug-likeness (QED) is 0.835. The van der Waals surface area contributed by atoms with E-state index in [2.05, 4.69) is 35.9 Å². The zero-order chi connectivity index (χ0) is 13.6. The Morgan fingerprint density at radius 1 is 1.26 bits per heavy atom. The topological polar surface area (TPSA) is 35.6 Å². The van der Waals surface area contributed by atoms with Crippen molar-refractivity contribution in [2.45, 2.75) is 64.2 Å². The molecule has 1 amide bonds. The molecule has 2 aliphatic heterocycles. The molecule has 2 unspecified atom stereocenters. The van der Waals surface area contributed by atoms with E-state index < -0.39 is 0 Å². The SMILES string of the molecule is CC(C)C1NC2(CC2)C(=O)N1CC(C)N1CCCC1. The van der Waals surface area contributed by atoms with E-state index in [0.29, 0.717) is 17.9 Å². The van der Waals surface area contributed by atoms with Crippen molar-refractivity contribution in [3.8, 4) is 0 Å². The summed E-state index contributed by atoms with van der Waals surface area (Å²) in [6.45, 7) is 9.98. The zero-order valence-electron chi connectivity index (χ0n) is 12.5. The van der Waals surface area contributed by atoms with Crippen LogP contribution in [0.4, 0.5) is 0 Å². The third-order valence-corrected chi connectivity index (χ3v) is 5.04. The van der Waals surface area contributed by atoms with Gasteiger partial charge in [-0.2, -0.15) is 0 Å². The largest absolute Gasteiger partial charge is 0.324 e. The Hall–Kier alpha value is -0.610. The van der Waals surface area contributed by atoms with Crippen LogP contribution in [0, 0.1) is 5.92 Å². The zero-order valence-corrected chi connectivity index (χ0v) is 12.5. The lowest BCUT2D eigenvalue weighted by molar-refractivity contribution is -0.132. The fourth-order valence-corrected chi connectivity index (χ4v) is 3.61. The molecule has 3 fully saturated rings. The molecule has 0 bridgehead atoms. The number of nitrogens with zero attached hydrogens (tertiary/aromatic N) is 2. The Labute approximate surface area is 116 Å². The first-order chi connectivity index (χ1) is 9.03. The lowest BCUT2D eigenvalue weighted by atomic mass is 10.1. The number of hydrogen-bond donors (Lipinski definition) is 1. The van der Waals surface area contributed by atoms with E-state index in [9.17, 15) is 4.79 Å². The Kier molecular flexibility index (Phi) is 3.34. The molecular weight excluding hydrogens is 238 g/mol. The Morgan fingerprint density at radius 2 is 1.89 bits per heavy atom. The fourth-order valence-electron chi connectivity index (χ4n) is 3.61. The van der Waals surface area contributed by atoms with E-state index in [1.165, 1.54) is 25.9 Å². The van der Waals surface area contributed by atoms with Crippen molar-refractivity contribution in [3.63, 3.8) is 0 Å². The van der Waals surface area contributed by atoms with Crippen LogP contribution < -0.4 is 5.32 Å². The average Bonchev–Trinajstić information content (AvgIpc) is 2.84. The van der Waals surface area contributed by atoms with Gasteiger partial charge in [-0.25, -0.2) is 0 Å². The molecule has 0 aromatic rings. The Balaban J connectivity index is 1.68. The smallest absolute Gasteiger partial charge is 0.244 e. The van der Waals surface area contributed by atoms with E-state index in [-0.39, 0.29) is 11.7 Å². The molecule has 2 atom stereocenters. The Bertz CT molecular complexity index is 358. The second kappa shape index (κ2) is 4.74. The molecule has 0 radical (unpaired) electrons. The van der Waals surface area contributed by atoms with Crippen molar-refractivity contribution in [1.82, 2.24) is 15.1 Å². The van der Waals surface area contributed by atoms with Crippen LogP contribution in [-0.2, 0) is 4.79 Å². The number of nitrogens with one attached hydrogen (secondary N) is 1. The van der Waals surface area contributed by atoms with Crippen LogP contribution in [0.3, 0.4) is 0 Å². The molecule has 1 aliphatic carbocycles. The number of hydrogen-bond acceptors (Lipinski definition) is 3. The molecule has 3 aliphatic rings. The second-order valence-corrected chi connectivity index (χ2v) is 6.96. The molecule has 1 N–H and O–H groups in total. The summed E-state index contributed by atoms with van der Waals surface area (Å²) in [5.41, 5.74) is -0.167. The molecule has 2 heterocycles. The van der Waals surface area contributed by atoms with Crippen LogP contribution >= 0.6 is 0 Å². The number of carbonyl (C=O) groups excluding carboxylic acids is 1. The molecular formula is C15H27N3O. The number of amides is 1. The van der Waals surface area contributed by atoms with Crippen molar-refractivity contribution in [2.24, 2.45) is 5.92 Å². The van der Waals surface area contributed by atoms with Gasteiger partial charge in [0.25, 0.3) is 0 Å². The molecule has 1 spiro atoms. The maximum Gasteiger partial charge on any atom is 0.244 e. The van der Waals surface area contributed by atoms with Crippen LogP contribution in [0.1, 0.15) is 46.5 Å². The maximum atomic E-state index is 12.6. The molecule has 2 saturated heterocycles. The van der Waals surface area contributed by atoms with Crippen molar-refractivity contribution >= 4 is 5.91 Å². The predicted molar refractivity (Wildman–Crippen MR) is 75.7 cm³/mol. The third-order valence-electron chi connectivity index (χ3n) is 5.04. The van der Waals surface area contributed by atoms with Crippen molar-refractivity contribution in [2.75, 3.05) is 19.6 Å². The highest BCUT2D eigenvalue weighted by Gasteiger charge is 2.59. The van der Waals surface area contributed by atoms with Gasteiger partial charge < -0.3 is 4.90 Å². The van der Waals surface area contributed by atoms with Crippen LogP contribution in [0.25, 0.3) is 0 Å². The van der Waals surface area contributed by atoms with E-state index in [1.54, 1.807) is 0 Å². The van der Waals surface area contributed by atoms with Crippen LogP contribution in [0.15, 0.2) is 0 Å². The molecule has 4 heteroatoms. The number of rotatable bonds is 4. The van der Waals surface area contributed by atoms with E-state index in [4.69, 9.17) is 0 Å². The highest BCUT2D eigenvalue weighted by molar-refractivity contribution is 5.91. The van der Waals surface area contributed by atoms with Crippen LogP contribution in [0.2, 0.25) is 0 Å². The standard InChI is InChI=1S/C15H27N3O/c1-11(2)13-16-15(6-7-15)14(19)18(13)10-12(3)17-8-4-5-9-17/h11-13,16H,4-10H2,1-3H3. The molecule has 0 aromatic heterocycles. The summed E-state index contributed by atoms with van der Waals surface area (Å²) in [5.74, 6) is 0.840. The third kappa shape index (κ3) is 2.29. The van der Waals surface area contributed by atoms with Crippen LogP contribution in [0.5, 0.6) is 0 Å². The van der Waals surface area contributed by atoms with Gasteiger partial charge in [0.15, 0.2) is 0 Å². The molecule has 19 heavy (non-hydrogen) atoms. The second-order valence-electron chi connectivity index (χ2n) is 6.96. The van der Waals surface area contributed by atoms with Gasteiger partial charge in [0, 0.05) is 12.6 Å². The lowest BCUT2D eigenvalue weighted by Crippen LogP contribution is -2.48. The highest BCUT2D eigenvalue weighted by Crippen LogP contribution is 2.43. The van der Waals surface area contributed by atoms with Crippen LogP contribution in [-0.4, -0.2) is 53.1 Å².